The van der Waals surface area contributed by atoms with E-state index in [0.717, 1.165) is 22.3 Å². The number of hydrogen-bond donors (Lipinski definition) is 1. The lowest BCUT2D eigenvalue weighted by atomic mass is 10.2. The highest BCUT2D eigenvalue weighted by molar-refractivity contribution is 6.10. The van der Waals surface area contributed by atoms with Crippen LogP contribution in [0.2, 0.25) is 0 Å². The van der Waals surface area contributed by atoms with Gasteiger partial charge in [0.15, 0.2) is 0 Å². The van der Waals surface area contributed by atoms with Gasteiger partial charge in [0.25, 0.3) is 0 Å². The van der Waals surface area contributed by atoms with E-state index in [1.54, 1.807) is 18.3 Å². The molecule has 0 aliphatic heterocycles. The number of rotatable bonds is 2. The number of aromatic amines is 1. The van der Waals surface area contributed by atoms with E-state index in [2.05, 4.69) is 15.0 Å². The second-order valence-electron chi connectivity index (χ2n) is 3.62. The Kier molecular flexibility index (Phi) is 2.85. The van der Waals surface area contributed by atoms with Crippen molar-refractivity contribution in [3.05, 3.63) is 29.6 Å². The van der Waals surface area contributed by atoms with Crippen molar-refractivity contribution >= 4 is 16.7 Å². The summed E-state index contributed by atoms with van der Waals surface area (Å²) in [4.78, 5) is 11.3. The zero-order valence-electron chi connectivity index (χ0n) is 9.23. The second-order valence-corrected chi connectivity index (χ2v) is 3.62. The highest BCUT2D eigenvalue weighted by atomic mass is 14.9. The summed E-state index contributed by atoms with van der Waals surface area (Å²) in [5, 5.41) is 18.1. The van der Waals surface area contributed by atoms with Gasteiger partial charge in [-0.05, 0) is 24.6 Å². The minimum atomic E-state index is -0.115. The van der Waals surface area contributed by atoms with E-state index in [1.165, 1.54) is 0 Å². The van der Waals surface area contributed by atoms with Gasteiger partial charge in [-0.25, -0.2) is 4.98 Å². The molecule has 17 heavy (non-hydrogen) atoms. The molecule has 0 fully saturated rings. The monoisotopic (exact) mass is 223 g/mol. The average molecular weight is 223 g/mol. The quantitative estimate of drug-likeness (QED) is 0.788. The number of aryl methyl sites for hydroxylation is 1. The Labute approximate surface area is 98.0 Å². The van der Waals surface area contributed by atoms with Crippen molar-refractivity contribution in [3.8, 4) is 12.1 Å². The molecule has 0 bridgehead atoms. The highest BCUT2D eigenvalue weighted by Crippen LogP contribution is 2.14. The van der Waals surface area contributed by atoms with Crippen LogP contribution in [-0.4, -0.2) is 15.7 Å². The fraction of sp³-hybridized carbons (Fsp3) is 0.167. The van der Waals surface area contributed by atoms with Crippen LogP contribution < -0.4 is 0 Å². The van der Waals surface area contributed by atoms with Gasteiger partial charge in [-0.1, -0.05) is 0 Å². The molecule has 2 rings (SSSR count). The van der Waals surface area contributed by atoms with Crippen molar-refractivity contribution in [1.82, 2.24) is 9.97 Å². The first-order chi connectivity index (χ1) is 8.22. The van der Waals surface area contributed by atoms with Crippen LogP contribution in [0, 0.1) is 29.6 Å². The van der Waals surface area contributed by atoms with Gasteiger partial charge in [0, 0.05) is 17.3 Å². The van der Waals surface area contributed by atoms with Crippen LogP contribution in [0.3, 0.4) is 0 Å². The van der Waals surface area contributed by atoms with Crippen LogP contribution in [0.15, 0.2) is 23.3 Å². The Morgan fingerprint density at radius 3 is 2.88 bits per heavy atom. The van der Waals surface area contributed by atoms with Gasteiger partial charge in [-0.3, -0.25) is 4.99 Å². The number of nitrogens with one attached hydrogen (secondary N) is 1. The fourth-order valence-electron chi connectivity index (χ4n) is 1.55. The molecule has 0 amide bonds. The van der Waals surface area contributed by atoms with E-state index < -0.39 is 0 Å². The lowest BCUT2D eigenvalue weighted by molar-refractivity contribution is 1.06. The molecule has 0 radical (unpaired) electrons. The SMILES string of the molecule is Cc1cc2cc(CN=C(C#N)C#N)cnc2[nH]1. The smallest absolute Gasteiger partial charge is 0.213 e. The van der Waals surface area contributed by atoms with E-state index >= 15 is 0 Å². The summed E-state index contributed by atoms with van der Waals surface area (Å²) in [6.45, 7) is 2.26. The van der Waals surface area contributed by atoms with Crippen LogP contribution in [0.5, 0.6) is 0 Å². The van der Waals surface area contributed by atoms with Gasteiger partial charge in [0.05, 0.1) is 6.54 Å². The molecule has 1 N–H and O–H groups in total. The van der Waals surface area contributed by atoms with Gasteiger partial charge in [-0.2, -0.15) is 10.5 Å². The Hall–Kier alpha value is -2.66. The number of H-pyrrole nitrogens is 1. The van der Waals surface area contributed by atoms with Crippen LogP contribution in [0.1, 0.15) is 11.3 Å². The first-order valence-electron chi connectivity index (χ1n) is 5.02. The number of nitrogens with zero attached hydrogens (tertiary/aromatic N) is 4. The van der Waals surface area contributed by atoms with Crippen molar-refractivity contribution in [1.29, 1.82) is 10.5 Å². The summed E-state index contributed by atoms with van der Waals surface area (Å²) in [6.07, 6.45) is 1.69. The molecule has 5 nitrogen and oxygen atoms in total. The third-order valence-electron chi connectivity index (χ3n) is 2.29. The molecule has 5 heteroatoms. The molecule has 0 aromatic carbocycles. The fourth-order valence-corrected chi connectivity index (χ4v) is 1.55. The molecular weight excluding hydrogens is 214 g/mol. The Morgan fingerprint density at radius 2 is 2.18 bits per heavy atom. The van der Waals surface area contributed by atoms with Gasteiger partial charge in [0.1, 0.15) is 17.8 Å². The van der Waals surface area contributed by atoms with Crippen LogP contribution in [0.4, 0.5) is 0 Å². The number of nitriles is 2. The number of hydrogen-bond acceptors (Lipinski definition) is 4. The van der Waals surface area contributed by atoms with Crippen LogP contribution >= 0.6 is 0 Å². The lowest BCUT2D eigenvalue weighted by Crippen LogP contribution is -1.91. The summed E-state index contributed by atoms with van der Waals surface area (Å²) in [6, 6.07) is 7.39. The molecule has 0 aliphatic rings. The van der Waals surface area contributed by atoms with Gasteiger partial charge >= 0.3 is 0 Å². The van der Waals surface area contributed by atoms with E-state index in [4.69, 9.17) is 10.5 Å². The maximum atomic E-state index is 8.56. The second kappa shape index (κ2) is 4.46. The number of pyridine rings is 1. The zero-order valence-corrected chi connectivity index (χ0v) is 9.23. The minimum absolute atomic E-state index is 0.115. The van der Waals surface area contributed by atoms with Gasteiger partial charge in [-0.15, -0.1) is 0 Å². The largest absolute Gasteiger partial charge is 0.344 e. The maximum absolute atomic E-state index is 8.56. The van der Waals surface area contributed by atoms with Gasteiger partial charge < -0.3 is 4.98 Å². The van der Waals surface area contributed by atoms with E-state index in [1.807, 2.05) is 19.1 Å². The summed E-state index contributed by atoms with van der Waals surface area (Å²) in [7, 11) is 0. The van der Waals surface area contributed by atoms with Crippen LogP contribution in [0.25, 0.3) is 11.0 Å². The Balaban J connectivity index is 2.29. The molecule has 0 atom stereocenters. The average Bonchev–Trinajstić information content (AvgIpc) is 2.69. The zero-order chi connectivity index (χ0) is 12.3. The predicted octanol–water partition coefficient (Wildman–Crippen LogP) is 1.86. The predicted molar refractivity (Wildman–Crippen MR) is 63.2 cm³/mol. The molecule has 82 valence electrons. The normalized spacial score (nSPS) is 9.59. The number of aliphatic imine (C=N–C) groups is 1. The van der Waals surface area contributed by atoms with Crippen molar-refractivity contribution in [3.63, 3.8) is 0 Å². The van der Waals surface area contributed by atoms with Crippen molar-refractivity contribution in [2.45, 2.75) is 13.5 Å². The number of fused-ring (bicyclic) bond motifs is 1. The lowest BCUT2D eigenvalue weighted by Gasteiger charge is -1.95. The summed E-state index contributed by atoms with van der Waals surface area (Å²) in [5.41, 5.74) is 2.63. The van der Waals surface area contributed by atoms with Gasteiger partial charge in [0.2, 0.25) is 5.71 Å². The topological polar surface area (TPSA) is 88.6 Å². The maximum Gasteiger partial charge on any atom is 0.213 e. The molecule has 0 spiro atoms. The van der Waals surface area contributed by atoms with E-state index in [-0.39, 0.29) is 5.71 Å². The van der Waals surface area contributed by atoms with Crippen molar-refractivity contribution in [2.75, 3.05) is 0 Å². The molecule has 0 saturated carbocycles. The van der Waals surface area contributed by atoms with Crippen molar-refractivity contribution in [2.24, 2.45) is 4.99 Å². The molecule has 2 aromatic heterocycles. The third kappa shape index (κ3) is 2.30. The third-order valence-corrected chi connectivity index (χ3v) is 2.29. The van der Waals surface area contributed by atoms with E-state index in [0.29, 0.717) is 6.54 Å². The molecule has 0 aliphatic carbocycles. The molecule has 0 unspecified atom stereocenters. The molecule has 2 heterocycles. The summed E-state index contributed by atoms with van der Waals surface area (Å²) in [5.74, 6) is 0. The standard InChI is InChI=1S/C12H9N5/c1-8-2-10-3-9(7-16-12(10)17-8)6-15-11(4-13)5-14/h2-3,7H,6H2,1H3,(H,16,17). The minimum Gasteiger partial charge on any atom is -0.344 e. The first kappa shape index (κ1) is 10.8. The van der Waals surface area contributed by atoms with Crippen molar-refractivity contribution < 1.29 is 0 Å². The Morgan fingerprint density at radius 1 is 1.41 bits per heavy atom. The molecule has 0 saturated heterocycles. The summed E-state index contributed by atoms with van der Waals surface area (Å²) < 4.78 is 0. The number of aromatic nitrogens is 2. The molecular formula is C12H9N5. The first-order valence-corrected chi connectivity index (χ1v) is 5.02. The van der Waals surface area contributed by atoms with Crippen LogP contribution in [-0.2, 0) is 6.54 Å². The summed E-state index contributed by atoms with van der Waals surface area (Å²) >= 11 is 0. The highest BCUT2D eigenvalue weighted by Gasteiger charge is 2.01. The molecule has 2 aromatic rings. The Bertz CT molecular complexity index is 650. The van der Waals surface area contributed by atoms with E-state index in [9.17, 15) is 0 Å².